The lowest BCUT2D eigenvalue weighted by atomic mass is 9.85. The Bertz CT molecular complexity index is 1190. The Morgan fingerprint density at radius 2 is 2.00 bits per heavy atom. The Kier molecular flexibility index (Phi) is 6.09. The molecule has 0 bridgehead atoms. The monoisotopic (exact) mass is 519 g/mol. The van der Waals surface area contributed by atoms with Crippen LogP contribution >= 0.6 is 0 Å². The highest BCUT2D eigenvalue weighted by Gasteiger charge is 2.80. The zero-order valence-electron chi connectivity index (χ0n) is 20.2. The summed E-state index contributed by atoms with van der Waals surface area (Å²) in [6, 6.07) is 0. The fourth-order valence-electron chi connectivity index (χ4n) is 4.69. The lowest BCUT2D eigenvalue weighted by Gasteiger charge is -2.45. The van der Waals surface area contributed by atoms with Gasteiger partial charge in [-0.3, -0.25) is 23.8 Å². The van der Waals surface area contributed by atoms with Crippen LogP contribution in [0, 0.1) is 6.92 Å². The van der Waals surface area contributed by atoms with Crippen molar-refractivity contribution in [3.63, 3.8) is 0 Å². The zero-order chi connectivity index (χ0) is 25.3. The van der Waals surface area contributed by atoms with Crippen molar-refractivity contribution in [1.29, 1.82) is 0 Å². The molecular formula is C20H33N3O9SSi. The van der Waals surface area contributed by atoms with Gasteiger partial charge in [-0.05, 0) is 25.1 Å². The maximum atomic E-state index is 12.8. The number of rotatable bonds is 6. The van der Waals surface area contributed by atoms with Gasteiger partial charge in [0.1, 0.15) is 18.0 Å². The molecule has 3 fully saturated rings. The van der Waals surface area contributed by atoms with Gasteiger partial charge in [0.2, 0.25) is 0 Å². The van der Waals surface area contributed by atoms with Gasteiger partial charge in [-0.2, -0.15) is 8.42 Å². The van der Waals surface area contributed by atoms with Gasteiger partial charge in [0.25, 0.3) is 15.7 Å². The molecule has 0 saturated carbocycles. The number of aryl methyl sites for hydroxylation is 1. The second kappa shape index (κ2) is 8.06. The number of hydrogen-bond acceptors (Lipinski definition) is 10. The number of aliphatic hydroxyl groups excluding tert-OH is 1. The molecule has 4 rings (SSSR count). The average Bonchev–Trinajstić information content (AvgIpc) is 3.23. The lowest BCUT2D eigenvalue weighted by Crippen LogP contribution is -2.66. The quantitative estimate of drug-likeness (QED) is 0.332. The number of hydrogen-bond donors (Lipinski definition) is 3. The van der Waals surface area contributed by atoms with Gasteiger partial charge in [-0.1, -0.05) is 20.8 Å². The van der Waals surface area contributed by atoms with E-state index in [0.717, 1.165) is 0 Å². The first-order valence-electron chi connectivity index (χ1n) is 11.2. The molecule has 0 amide bonds. The van der Waals surface area contributed by atoms with Crippen LogP contribution in [-0.4, -0.2) is 80.4 Å². The molecule has 0 aliphatic carbocycles. The minimum absolute atomic E-state index is 0.143. The highest BCUT2D eigenvalue weighted by Crippen LogP contribution is 2.57. The molecule has 3 saturated heterocycles. The Hall–Kier alpha value is -1.39. The van der Waals surface area contributed by atoms with E-state index in [0.29, 0.717) is 0 Å². The molecule has 34 heavy (non-hydrogen) atoms. The summed E-state index contributed by atoms with van der Waals surface area (Å²) in [6.07, 6.45) is -1.64. The molecule has 1 spiro atoms. The topological polar surface area (TPSA) is 158 Å². The SMILES string of the molecule is Cc1cn([C@@H]2O[C@@H]3CN[C@@]4(OCCO)CS(=O)(=O)O[C@@]34[C@H]2O[Si](C)(C)C(C)(C)C)c(=O)[nH]c1=O. The van der Waals surface area contributed by atoms with E-state index in [1.165, 1.54) is 10.8 Å². The van der Waals surface area contributed by atoms with Crippen molar-refractivity contribution in [2.24, 2.45) is 0 Å². The van der Waals surface area contributed by atoms with Gasteiger partial charge in [0.15, 0.2) is 25.9 Å². The van der Waals surface area contributed by atoms with Gasteiger partial charge in [0.05, 0.1) is 13.2 Å². The fourth-order valence-corrected chi connectivity index (χ4v) is 7.70. The fraction of sp³-hybridized carbons (Fsp3) is 0.800. The van der Waals surface area contributed by atoms with Gasteiger partial charge >= 0.3 is 5.69 Å². The van der Waals surface area contributed by atoms with Gasteiger partial charge in [-0.25, -0.2) is 4.79 Å². The normalized spacial score (nSPS) is 34.9. The van der Waals surface area contributed by atoms with Crippen LogP contribution in [-0.2, 0) is 28.2 Å². The summed E-state index contributed by atoms with van der Waals surface area (Å²) in [5.74, 6) is -0.510. The summed E-state index contributed by atoms with van der Waals surface area (Å²) in [4.78, 5) is 27.1. The molecule has 192 valence electrons. The molecule has 14 heteroatoms. The van der Waals surface area contributed by atoms with Crippen molar-refractivity contribution in [1.82, 2.24) is 14.9 Å². The number of nitrogens with one attached hydrogen (secondary N) is 2. The average molecular weight is 520 g/mol. The van der Waals surface area contributed by atoms with E-state index in [1.54, 1.807) is 6.92 Å². The molecule has 3 aliphatic rings. The highest BCUT2D eigenvalue weighted by molar-refractivity contribution is 7.87. The number of ether oxygens (including phenoxy) is 2. The highest BCUT2D eigenvalue weighted by atomic mass is 32.2. The van der Waals surface area contributed by atoms with E-state index in [9.17, 15) is 23.1 Å². The maximum absolute atomic E-state index is 12.8. The minimum Gasteiger partial charge on any atom is -0.406 e. The molecule has 3 N–H and O–H groups in total. The molecule has 3 aliphatic heterocycles. The van der Waals surface area contributed by atoms with E-state index in [2.05, 4.69) is 10.3 Å². The zero-order valence-corrected chi connectivity index (χ0v) is 22.0. The summed E-state index contributed by atoms with van der Waals surface area (Å²) in [5.41, 5.74) is -4.16. The Balaban J connectivity index is 1.92. The predicted octanol–water partition coefficient (Wildman–Crippen LogP) is -0.460. The van der Waals surface area contributed by atoms with Crippen LogP contribution in [0.4, 0.5) is 0 Å². The smallest absolute Gasteiger partial charge is 0.330 e. The summed E-state index contributed by atoms with van der Waals surface area (Å²) in [7, 11) is -6.67. The second-order valence-corrected chi connectivity index (χ2v) is 17.0. The number of aliphatic hydroxyl groups is 1. The van der Waals surface area contributed by atoms with Gasteiger partial charge in [-0.15, -0.1) is 0 Å². The number of aromatic amines is 1. The number of H-pyrrole nitrogens is 1. The summed E-state index contributed by atoms with van der Waals surface area (Å²) in [5, 5.41) is 12.3. The van der Waals surface area contributed by atoms with Crippen molar-refractivity contribution >= 4 is 18.4 Å². The maximum Gasteiger partial charge on any atom is 0.330 e. The van der Waals surface area contributed by atoms with Crippen LogP contribution in [0.25, 0.3) is 0 Å². The van der Waals surface area contributed by atoms with Crippen LogP contribution in [0.1, 0.15) is 32.6 Å². The first kappa shape index (κ1) is 25.7. The summed E-state index contributed by atoms with van der Waals surface area (Å²) >= 11 is 0. The van der Waals surface area contributed by atoms with Crippen LogP contribution in [0.3, 0.4) is 0 Å². The number of aromatic nitrogens is 2. The molecule has 1 aromatic rings. The molecule has 12 nitrogen and oxygen atoms in total. The number of nitrogens with zero attached hydrogens (tertiary/aromatic N) is 1. The summed E-state index contributed by atoms with van der Waals surface area (Å²) in [6.45, 7) is 11.3. The van der Waals surface area contributed by atoms with E-state index >= 15 is 0 Å². The molecule has 0 aromatic carbocycles. The molecule has 5 atom stereocenters. The molecule has 0 unspecified atom stereocenters. The van der Waals surface area contributed by atoms with E-state index in [1.807, 2.05) is 33.9 Å². The van der Waals surface area contributed by atoms with Crippen LogP contribution < -0.4 is 16.6 Å². The van der Waals surface area contributed by atoms with Crippen LogP contribution in [0.2, 0.25) is 18.1 Å². The van der Waals surface area contributed by atoms with Gasteiger partial charge in [0, 0.05) is 18.3 Å². The van der Waals surface area contributed by atoms with Crippen molar-refractivity contribution in [2.75, 3.05) is 25.5 Å². The molecular weight excluding hydrogens is 486 g/mol. The summed E-state index contributed by atoms with van der Waals surface area (Å²) < 4.78 is 51.7. The first-order chi connectivity index (χ1) is 15.6. The van der Waals surface area contributed by atoms with Crippen LogP contribution in [0.15, 0.2) is 15.8 Å². The van der Waals surface area contributed by atoms with E-state index < -0.39 is 65.2 Å². The third kappa shape index (κ3) is 3.75. The van der Waals surface area contributed by atoms with Crippen molar-refractivity contribution in [3.8, 4) is 0 Å². The third-order valence-corrected chi connectivity index (χ3v) is 13.1. The largest absolute Gasteiger partial charge is 0.406 e. The van der Waals surface area contributed by atoms with Crippen molar-refractivity contribution in [3.05, 3.63) is 32.6 Å². The predicted molar refractivity (Wildman–Crippen MR) is 123 cm³/mol. The van der Waals surface area contributed by atoms with E-state index in [-0.39, 0.29) is 30.4 Å². The first-order valence-corrected chi connectivity index (χ1v) is 15.7. The van der Waals surface area contributed by atoms with Gasteiger partial charge < -0.3 is 19.0 Å². The minimum atomic E-state index is -4.07. The second-order valence-electron chi connectivity index (χ2n) is 10.7. The lowest BCUT2D eigenvalue weighted by molar-refractivity contribution is -0.172. The Morgan fingerprint density at radius 1 is 1.32 bits per heavy atom. The molecule has 1 aromatic heterocycles. The van der Waals surface area contributed by atoms with Crippen molar-refractivity contribution < 1.29 is 31.6 Å². The molecule has 0 radical (unpaired) electrons. The van der Waals surface area contributed by atoms with E-state index in [4.69, 9.17) is 18.1 Å². The Labute approximate surface area is 198 Å². The van der Waals surface area contributed by atoms with Crippen molar-refractivity contribution in [2.45, 2.75) is 75.6 Å². The third-order valence-electron chi connectivity index (χ3n) is 7.40. The molecule has 4 heterocycles. The van der Waals surface area contributed by atoms with Crippen LogP contribution in [0.5, 0.6) is 0 Å². The standard InChI is InChI=1S/C20H33N3O9SSi/c1-12-10-23(17(26)22-15(12)25)16-14(31-34(5,6)18(2,3)4)20-13(30-16)9-21-19(20,29-8-7-24)11-33(27,28)32-20/h10,13-14,16,21,24H,7-9,11H2,1-6H3,(H,22,25,26)/t13-,14+,16-,19-,20-/m1/s1. The Morgan fingerprint density at radius 3 is 2.62 bits per heavy atom.